The molecule has 0 spiro atoms. The van der Waals surface area contributed by atoms with Crippen LogP contribution in [0.15, 0.2) is 72.3 Å². The number of carbonyl (C=O) groups excluding carboxylic acids is 2. The fraction of sp³-hybridized carbons (Fsp3) is 0.185. The van der Waals surface area contributed by atoms with Gasteiger partial charge in [-0.1, -0.05) is 48.0 Å². The second-order valence-electron chi connectivity index (χ2n) is 8.22. The summed E-state index contributed by atoms with van der Waals surface area (Å²) in [4.78, 5) is 27.6. The largest absolute Gasteiger partial charge is 0.507 e. The maximum Gasteiger partial charge on any atom is 0.295 e. The minimum absolute atomic E-state index is 0.0460. The van der Waals surface area contributed by atoms with E-state index in [0.717, 1.165) is 16.7 Å². The first-order valence-corrected chi connectivity index (χ1v) is 11.0. The maximum absolute atomic E-state index is 13.3. The van der Waals surface area contributed by atoms with Crippen LogP contribution in [0.3, 0.4) is 0 Å². The molecule has 1 fully saturated rings. The average molecular weight is 464 g/mol. The molecule has 3 aromatic rings. The van der Waals surface area contributed by atoms with Crippen LogP contribution in [0.1, 0.15) is 33.9 Å². The number of aliphatic hydroxyl groups is 1. The van der Waals surface area contributed by atoms with Crippen molar-refractivity contribution in [2.24, 2.45) is 0 Å². The molecule has 33 heavy (non-hydrogen) atoms. The smallest absolute Gasteiger partial charge is 0.295 e. The van der Waals surface area contributed by atoms with E-state index < -0.39 is 17.7 Å². The number of carbonyl (C=O) groups is 2. The van der Waals surface area contributed by atoms with Crippen LogP contribution >= 0.6 is 11.6 Å². The van der Waals surface area contributed by atoms with Gasteiger partial charge in [-0.05, 0) is 72.9 Å². The molecule has 3 aromatic carbocycles. The maximum atomic E-state index is 13.3. The lowest BCUT2D eigenvalue weighted by molar-refractivity contribution is -0.139. The molecule has 1 unspecified atom stereocenters. The zero-order chi connectivity index (χ0) is 23.7. The van der Waals surface area contributed by atoms with E-state index in [-0.39, 0.29) is 23.7 Å². The van der Waals surface area contributed by atoms with Gasteiger partial charge in [0.2, 0.25) is 0 Å². The topological polar surface area (TPSA) is 57.6 Å². The van der Waals surface area contributed by atoms with Gasteiger partial charge in [0.25, 0.3) is 11.7 Å². The van der Waals surface area contributed by atoms with Crippen molar-refractivity contribution in [3.8, 4) is 0 Å². The monoisotopic (exact) mass is 463 g/mol. The third-order valence-corrected chi connectivity index (χ3v) is 6.31. The molecule has 0 aliphatic carbocycles. The highest BCUT2D eigenvalue weighted by Gasteiger charge is 2.45. The van der Waals surface area contributed by atoms with E-state index in [0.29, 0.717) is 22.6 Å². The molecule has 168 valence electrons. The Bertz CT molecular complexity index is 1250. The highest BCUT2D eigenvalue weighted by Crippen LogP contribution is 2.40. The van der Waals surface area contributed by atoms with Gasteiger partial charge in [0.1, 0.15) is 11.6 Å². The molecule has 0 radical (unpaired) electrons. The molecule has 6 heteroatoms. The highest BCUT2D eigenvalue weighted by atomic mass is 35.5. The van der Waals surface area contributed by atoms with Crippen LogP contribution in [0.5, 0.6) is 0 Å². The number of likely N-dealkylation sites (tertiary alicyclic amines) is 1. The fourth-order valence-electron chi connectivity index (χ4n) is 4.05. The first-order chi connectivity index (χ1) is 15.8. The predicted molar refractivity (Wildman–Crippen MR) is 126 cm³/mol. The van der Waals surface area contributed by atoms with E-state index in [1.54, 1.807) is 48.5 Å². The Balaban J connectivity index is 1.78. The van der Waals surface area contributed by atoms with E-state index in [4.69, 9.17) is 11.6 Å². The summed E-state index contributed by atoms with van der Waals surface area (Å²) >= 11 is 6.05. The molecule has 1 aliphatic heterocycles. The number of aryl methyl sites for hydroxylation is 2. The Morgan fingerprint density at radius 3 is 2.27 bits per heavy atom. The van der Waals surface area contributed by atoms with E-state index in [1.165, 1.54) is 17.0 Å². The van der Waals surface area contributed by atoms with E-state index in [1.807, 2.05) is 19.9 Å². The van der Waals surface area contributed by atoms with Crippen molar-refractivity contribution in [2.45, 2.75) is 26.3 Å². The zero-order valence-electron chi connectivity index (χ0n) is 18.3. The van der Waals surface area contributed by atoms with Gasteiger partial charge in [-0.3, -0.25) is 9.59 Å². The molecule has 1 amide bonds. The van der Waals surface area contributed by atoms with Crippen molar-refractivity contribution < 1.29 is 19.1 Å². The van der Waals surface area contributed by atoms with Crippen LogP contribution in [0, 0.1) is 19.7 Å². The minimum Gasteiger partial charge on any atom is -0.507 e. The molecule has 4 rings (SSSR count). The highest BCUT2D eigenvalue weighted by molar-refractivity contribution is 6.46. The predicted octanol–water partition coefficient (Wildman–Crippen LogP) is 5.76. The Hall–Kier alpha value is -3.44. The van der Waals surface area contributed by atoms with Crippen LogP contribution in [0.25, 0.3) is 5.76 Å². The average Bonchev–Trinajstić information content (AvgIpc) is 3.05. The number of nitrogens with zero attached hydrogens (tertiary/aromatic N) is 1. The fourth-order valence-corrected chi connectivity index (χ4v) is 4.17. The van der Waals surface area contributed by atoms with Gasteiger partial charge in [-0.15, -0.1) is 0 Å². The van der Waals surface area contributed by atoms with Gasteiger partial charge in [0.05, 0.1) is 11.6 Å². The van der Waals surface area contributed by atoms with E-state index in [2.05, 4.69) is 0 Å². The zero-order valence-corrected chi connectivity index (χ0v) is 19.1. The molecule has 0 saturated carbocycles. The summed E-state index contributed by atoms with van der Waals surface area (Å²) in [6.07, 6.45) is 0.432. The standard InChI is InChI=1S/C27H23ClFNO3/c1-16-3-6-20(15-17(16)2)25(31)23-24(19-7-9-21(28)10-8-19)30(27(33)26(23)32)14-13-18-4-11-22(29)12-5-18/h3-12,15,24,31H,13-14H2,1-2H3/b25-23-. The molecule has 4 nitrogen and oxygen atoms in total. The third kappa shape index (κ3) is 4.55. The molecule has 1 saturated heterocycles. The molecule has 1 aliphatic rings. The number of hydrogen-bond donors (Lipinski definition) is 1. The molecule has 0 bridgehead atoms. The lowest BCUT2D eigenvalue weighted by Crippen LogP contribution is -2.31. The number of aliphatic hydroxyl groups excluding tert-OH is 1. The van der Waals surface area contributed by atoms with Crippen molar-refractivity contribution in [3.63, 3.8) is 0 Å². The van der Waals surface area contributed by atoms with Crippen LogP contribution in [0.4, 0.5) is 4.39 Å². The number of benzene rings is 3. The van der Waals surface area contributed by atoms with Crippen molar-refractivity contribution in [1.29, 1.82) is 0 Å². The van der Waals surface area contributed by atoms with E-state index in [9.17, 15) is 19.1 Å². The quantitative estimate of drug-likeness (QED) is 0.297. The van der Waals surface area contributed by atoms with E-state index >= 15 is 0 Å². The summed E-state index contributed by atoms with van der Waals surface area (Å²) in [6.45, 7) is 4.11. The van der Waals surface area contributed by atoms with Crippen molar-refractivity contribution in [3.05, 3.63) is 111 Å². The van der Waals surface area contributed by atoms with Crippen molar-refractivity contribution >= 4 is 29.1 Å². The Labute approximate surface area is 196 Å². The summed E-state index contributed by atoms with van der Waals surface area (Å²) in [5.74, 6) is -1.96. The molecule has 0 aromatic heterocycles. The second-order valence-corrected chi connectivity index (χ2v) is 8.66. The first kappa shape index (κ1) is 22.7. The summed E-state index contributed by atoms with van der Waals surface area (Å²) in [6, 6.07) is 17.5. The summed E-state index contributed by atoms with van der Waals surface area (Å²) < 4.78 is 13.3. The molecule has 1 atom stereocenters. The number of amides is 1. The Morgan fingerprint density at radius 2 is 1.64 bits per heavy atom. The lowest BCUT2D eigenvalue weighted by Gasteiger charge is -2.25. The number of Topliss-reactive ketones (excluding diaryl/α,β-unsaturated/α-hetero) is 1. The van der Waals surface area contributed by atoms with Gasteiger partial charge in [0.15, 0.2) is 0 Å². The minimum atomic E-state index is -0.760. The van der Waals surface area contributed by atoms with Gasteiger partial charge in [0, 0.05) is 17.1 Å². The number of ketones is 1. The molecular weight excluding hydrogens is 441 g/mol. The Kier molecular flexibility index (Phi) is 6.34. The van der Waals surface area contributed by atoms with Crippen molar-refractivity contribution in [2.75, 3.05) is 6.54 Å². The Morgan fingerprint density at radius 1 is 0.970 bits per heavy atom. The third-order valence-electron chi connectivity index (χ3n) is 6.06. The van der Waals surface area contributed by atoms with Gasteiger partial charge in [-0.25, -0.2) is 4.39 Å². The SMILES string of the molecule is Cc1ccc(/C(O)=C2/C(=O)C(=O)N(CCc3ccc(F)cc3)C2c2ccc(Cl)cc2)cc1C. The molecular formula is C27H23ClFNO3. The van der Waals surface area contributed by atoms with Crippen LogP contribution < -0.4 is 0 Å². The van der Waals surface area contributed by atoms with Gasteiger partial charge < -0.3 is 10.0 Å². The first-order valence-electron chi connectivity index (χ1n) is 10.6. The summed E-state index contributed by atoms with van der Waals surface area (Å²) in [5.41, 5.74) is 4.05. The van der Waals surface area contributed by atoms with Crippen molar-refractivity contribution in [1.82, 2.24) is 4.90 Å². The number of halogens is 2. The number of rotatable bonds is 5. The van der Waals surface area contributed by atoms with Crippen LogP contribution in [0.2, 0.25) is 5.02 Å². The van der Waals surface area contributed by atoms with Crippen LogP contribution in [-0.4, -0.2) is 28.2 Å². The normalized spacial score (nSPS) is 17.6. The van der Waals surface area contributed by atoms with Gasteiger partial charge >= 0.3 is 0 Å². The van der Waals surface area contributed by atoms with Gasteiger partial charge in [-0.2, -0.15) is 0 Å². The molecule has 1 heterocycles. The molecule has 1 N–H and O–H groups in total. The summed E-state index contributed by atoms with van der Waals surface area (Å²) in [5, 5.41) is 11.7. The summed E-state index contributed by atoms with van der Waals surface area (Å²) in [7, 11) is 0. The number of hydrogen-bond acceptors (Lipinski definition) is 3. The van der Waals surface area contributed by atoms with Crippen LogP contribution in [-0.2, 0) is 16.0 Å². The lowest BCUT2D eigenvalue weighted by atomic mass is 9.94. The second kappa shape index (κ2) is 9.20.